The average molecular weight is 193 g/mol. The molecule has 66 valence electrons. The molecule has 0 amide bonds. The van der Waals surface area contributed by atoms with Gasteiger partial charge < -0.3 is 10.0 Å². The van der Waals surface area contributed by atoms with E-state index in [1.807, 2.05) is 24.3 Å². The molecule has 3 nitrogen and oxygen atoms in total. The molecule has 5 heteroatoms. The van der Waals surface area contributed by atoms with Crippen LogP contribution in [0.25, 0.3) is 10.2 Å². The van der Waals surface area contributed by atoms with Gasteiger partial charge in [0.25, 0.3) is 0 Å². The maximum Gasteiger partial charge on any atom is 0.458 e. The maximum atomic E-state index is 8.75. The van der Waals surface area contributed by atoms with Crippen LogP contribution in [-0.4, -0.2) is 22.2 Å². The van der Waals surface area contributed by atoms with Crippen LogP contribution in [0.15, 0.2) is 24.3 Å². The van der Waals surface area contributed by atoms with Crippen LogP contribution in [0.3, 0.4) is 0 Å². The number of hydrogen-bond acceptors (Lipinski definition) is 4. The number of hydrogen-bond donors (Lipinski definition) is 2. The number of aromatic nitrogens is 1. The summed E-state index contributed by atoms with van der Waals surface area (Å²) in [5, 5.41) is 18.3. The van der Waals surface area contributed by atoms with Crippen LogP contribution in [0.1, 0.15) is 5.01 Å². The highest BCUT2D eigenvalue weighted by molar-refractivity contribution is 7.18. The van der Waals surface area contributed by atoms with Gasteiger partial charge in [0.2, 0.25) is 0 Å². The van der Waals surface area contributed by atoms with Crippen molar-refractivity contribution in [1.29, 1.82) is 0 Å². The van der Waals surface area contributed by atoms with Gasteiger partial charge in [-0.3, -0.25) is 0 Å². The molecular weight excluding hydrogens is 185 g/mol. The average Bonchev–Trinajstić information content (AvgIpc) is 2.44. The topological polar surface area (TPSA) is 53.4 Å². The van der Waals surface area contributed by atoms with Crippen LogP contribution in [0.5, 0.6) is 0 Å². The van der Waals surface area contributed by atoms with Gasteiger partial charge in [-0.25, -0.2) is 4.98 Å². The van der Waals surface area contributed by atoms with Crippen molar-refractivity contribution < 1.29 is 10.0 Å². The molecule has 0 atom stereocenters. The second kappa shape index (κ2) is 3.45. The molecule has 13 heavy (non-hydrogen) atoms. The fourth-order valence-electron chi connectivity index (χ4n) is 1.16. The van der Waals surface area contributed by atoms with Crippen molar-refractivity contribution in [2.75, 3.05) is 0 Å². The van der Waals surface area contributed by atoms with Gasteiger partial charge in [-0.15, -0.1) is 11.3 Å². The van der Waals surface area contributed by atoms with E-state index in [0.717, 1.165) is 15.2 Å². The molecule has 1 aromatic carbocycles. The third kappa shape index (κ3) is 1.88. The van der Waals surface area contributed by atoms with Crippen molar-refractivity contribution in [3.05, 3.63) is 29.3 Å². The predicted octanol–water partition coefficient (Wildman–Crippen LogP) is 0.851. The molecule has 0 saturated carbocycles. The van der Waals surface area contributed by atoms with Gasteiger partial charge in [0, 0.05) is 6.32 Å². The van der Waals surface area contributed by atoms with E-state index >= 15 is 0 Å². The van der Waals surface area contributed by atoms with Crippen LogP contribution in [0.4, 0.5) is 0 Å². The normalized spacial score (nSPS) is 10.6. The van der Waals surface area contributed by atoms with E-state index in [0.29, 0.717) is 0 Å². The summed E-state index contributed by atoms with van der Waals surface area (Å²) in [7, 11) is -1.31. The lowest BCUT2D eigenvalue weighted by molar-refractivity contribution is 0.405. The summed E-state index contributed by atoms with van der Waals surface area (Å²) in [4.78, 5) is 4.25. The first-order valence-electron chi connectivity index (χ1n) is 3.96. The van der Waals surface area contributed by atoms with E-state index < -0.39 is 7.12 Å². The Morgan fingerprint density at radius 3 is 2.77 bits per heavy atom. The zero-order valence-electron chi connectivity index (χ0n) is 6.84. The van der Waals surface area contributed by atoms with Gasteiger partial charge in [0.05, 0.1) is 15.2 Å². The lowest BCUT2D eigenvalue weighted by Crippen LogP contribution is -2.14. The Bertz CT molecular complexity index is 382. The first-order chi connectivity index (χ1) is 6.25. The zero-order chi connectivity index (χ0) is 9.26. The largest absolute Gasteiger partial charge is 0.458 e. The van der Waals surface area contributed by atoms with Crippen molar-refractivity contribution in [3.63, 3.8) is 0 Å². The molecule has 0 aliphatic rings. The minimum atomic E-state index is -1.31. The van der Waals surface area contributed by atoms with Gasteiger partial charge >= 0.3 is 7.12 Å². The minimum Gasteiger partial charge on any atom is -0.427 e. The molecule has 0 aliphatic heterocycles. The number of benzene rings is 1. The molecule has 2 aromatic rings. The number of nitrogens with zero attached hydrogens (tertiary/aromatic N) is 1. The Labute approximate surface area is 79.8 Å². The molecule has 1 heterocycles. The van der Waals surface area contributed by atoms with E-state index in [4.69, 9.17) is 10.0 Å². The first-order valence-corrected chi connectivity index (χ1v) is 4.78. The fraction of sp³-hybridized carbons (Fsp3) is 0.125. The molecule has 0 spiro atoms. The van der Waals surface area contributed by atoms with E-state index in [1.165, 1.54) is 11.3 Å². The van der Waals surface area contributed by atoms with Gasteiger partial charge in [0.1, 0.15) is 0 Å². The number of rotatable bonds is 2. The van der Waals surface area contributed by atoms with Crippen LogP contribution >= 0.6 is 11.3 Å². The predicted molar refractivity (Wildman–Crippen MR) is 53.5 cm³/mol. The minimum absolute atomic E-state index is 0.208. The zero-order valence-corrected chi connectivity index (χ0v) is 7.66. The van der Waals surface area contributed by atoms with Gasteiger partial charge in [-0.1, -0.05) is 12.1 Å². The highest BCUT2D eigenvalue weighted by Crippen LogP contribution is 2.21. The lowest BCUT2D eigenvalue weighted by atomic mass is 9.87. The number of fused-ring (bicyclic) bond motifs is 1. The quantitative estimate of drug-likeness (QED) is 0.695. The third-order valence-corrected chi connectivity index (χ3v) is 2.75. The molecule has 1 aromatic heterocycles. The van der Waals surface area contributed by atoms with Gasteiger partial charge in [0.15, 0.2) is 0 Å². The maximum absolute atomic E-state index is 8.75. The summed E-state index contributed by atoms with van der Waals surface area (Å²) in [6.07, 6.45) is 0.208. The summed E-state index contributed by atoms with van der Waals surface area (Å²) < 4.78 is 1.08. The van der Waals surface area contributed by atoms with E-state index in [2.05, 4.69) is 4.98 Å². The van der Waals surface area contributed by atoms with Crippen LogP contribution in [0.2, 0.25) is 0 Å². The van der Waals surface area contributed by atoms with Crippen LogP contribution in [0, 0.1) is 0 Å². The molecule has 2 N–H and O–H groups in total. The SMILES string of the molecule is OB(O)Cc1nc2ccccc2s1. The second-order valence-corrected chi connectivity index (χ2v) is 3.88. The Hall–Kier alpha value is -0.905. The molecular formula is C8H8BNO2S. The standard InChI is InChI=1S/C8H8BNO2S/c11-9(12)5-8-10-6-3-1-2-4-7(6)13-8/h1-4,11-12H,5H2. The number of thiazole rings is 1. The molecule has 0 aliphatic carbocycles. The van der Waals surface area contributed by atoms with Gasteiger partial charge in [-0.2, -0.15) is 0 Å². The Morgan fingerprint density at radius 1 is 1.31 bits per heavy atom. The van der Waals surface area contributed by atoms with Gasteiger partial charge in [-0.05, 0) is 12.1 Å². The van der Waals surface area contributed by atoms with E-state index in [9.17, 15) is 0 Å². The summed E-state index contributed by atoms with van der Waals surface area (Å²) in [5.74, 6) is 0. The molecule has 0 radical (unpaired) electrons. The third-order valence-electron chi connectivity index (χ3n) is 1.70. The Kier molecular flexibility index (Phi) is 2.31. The molecule has 2 rings (SSSR count). The van der Waals surface area contributed by atoms with E-state index in [-0.39, 0.29) is 6.32 Å². The highest BCUT2D eigenvalue weighted by Gasteiger charge is 2.11. The molecule has 0 unspecified atom stereocenters. The van der Waals surface area contributed by atoms with Crippen molar-refractivity contribution in [2.45, 2.75) is 6.32 Å². The summed E-state index contributed by atoms with van der Waals surface area (Å²) >= 11 is 1.49. The van der Waals surface area contributed by atoms with Crippen molar-refractivity contribution in [3.8, 4) is 0 Å². The van der Waals surface area contributed by atoms with E-state index in [1.54, 1.807) is 0 Å². The second-order valence-electron chi connectivity index (χ2n) is 2.76. The molecule has 0 fully saturated rings. The molecule has 0 bridgehead atoms. The van der Waals surface area contributed by atoms with Crippen molar-refractivity contribution >= 4 is 28.7 Å². The fourth-order valence-corrected chi connectivity index (χ4v) is 2.16. The summed E-state index contributed by atoms with van der Waals surface area (Å²) in [6, 6.07) is 7.75. The smallest absolute Gasteiger partial charge is 0.427 e. The lowest BCUT2D eigenvalue weighted by Gasteiger charge is -1.90. The van der Waals surface area contributed by atoms with Crippen LogP contribution < -0.4 is 0 Å². The summed E-state index contributed by atoms with van der Waals surface area (Å²) in [5.41, 5.74) is 0.920. The number of para-hydroxylation sites is 1. The monoisotopic (exact) mass is 193 g/mol. The summed E-state index contributed by atoms with van der Waals surface area (Å²) in [6.45, 7) is 0. The van der Waals surface area contributed by atoms with Crippen molar-refractivity contribution in [1.82, 2.24) is 4.98 Å². The van der Waals surface area contributed by atoms with Crippen LogP contribution in [-0.2, 0) is 6.32 Å². The Morgan fingerprint density at radius 2 is 2.08 bits per heavy atom. The molecule has 0 saturated heterocycles. The van der Waals surface area contributed by atoms with Crippen molar-refractivity contribution in [2.24, 2.45) is 0 Å². The first kappa shape index (κ1) is 8.68. The Balaban J connectivity index is 2.38. The highest BCUT2D eigenvalue weighted by atomic mass is 32.1.